The number of hydrogen-bond acceptors (Lipinski definition) is 4. The van der Waals surface area contributed by atoms with E-state index in [4.69, 9.17) is 4.74 Å². The Balaban J connectivity index is 1.78. The van der Waals surface area contributed by atoms with Crippen LogP contribution in [0.15, 0.2) is 27.8 Å². The minimum Gasteiger partial charge on any atom is -0.496 e. The molecule has 1 spiro atoms. The van der Waals surface area contributed by atoms with Crippen molar-refractivity contribution in [1.29, 1.82) is 0 Å². The molecule has 0 unspecified atom stereocenters. The van der Waals surface area contributed by atoms with Crippen molar-refractivity contribution in [2.75, 3.05) is 7.11 Å². The molecule has 0 radical (unpaired) electrons. The van der Waals surface area contributed by atoms with Gasteiger partial charge in [0.15, 0.2) is 0 Å². The van der Waals surface area contributed by atoms with Gasteiger partial charge in [-0.15, -0.1) is 5.01 Å². The lowest BCUT2D eigenvalue weighted by molar-refractivity contribution is -0.132. The number of carbonyl (C=O) groups is 2. The number of hydrogen-bond donors (Lipinski definition) is 1. The maximum absolute atomic E-state index is 12.6. The molecule has 1 saturated carbocycles. The number of hydrazone groups is 1. The van der Waals surface area contributed by atoms with E-state index in [0.717, 1.165) is 34.3 Å². The molecule has 1 saturated heterocycles. The predicted octanol–water partition coefficient (Wildman–Crippen LogP) is 3.05. The number of urea groups is 1. The van der Waals surface area contributed by atoms with E-state index in [9.17, 15) is 9.59 Å². The third kappa shape index (κ3) is 2.97. The average Bonchev–Trinajstić information content (AvgIpc) is 2.77. The number of halogens is 1. The highest BCUT2D eigenvalue weighted by Crippen LogP contribution is 2.33. The van der Waals surface area contributed by atoms with Crippen molar-refractivity contribution in [3.05, 3.63) is 28.2 Å². The molecule has 1 N–H and O–H groups in total. The lowest BCUT2D eigenvalue weighted by Gasteiger charge is -2.29. The summed E-state index contributed by atoms with van der Waals surface area (Å²) in [6, 6.07) is 4.97. The summed E-state index contributed by atoms with van der Waals surface area (Å²) < 4.78 is 5.95. The van der Waals surface area contributed by atoms with E-state index >= 15 is 0 Å². The van der Waals surface area contributed by atoms with Crippen LogP contribution in [0.25, 0.3) is 0 Å². The molecule has 3 rings (SSSR count). The molecular weight excluding hydrogens is 362 g/mol. The molecule has 1 aromatic rings. The van der Waals surface area contributed by atoms with Gasteiger partial charge in [0.25, 0.3) is 5.91 Å². The Hall–Kier alpha value is -1.89. The van der Waals surface area contributed by atoms with Crippen LogP contribution in [-0.4, -0.2) is 35.8 Å². The Kier molecular flexibility index (Phi) is 4.39. The molecule has 1 aliphatic heterocycles. The largest absolute Gasteiger partial charge is 0.496 e. The van der Waals surface area contributed by atoms with Gasteiger partial charge in [0.1, 0.15) is 11.3 Å². The summed E-state index contributed by atoms with van der Waals surface area (Å²) in [5.74, 6) is 0.462. The van der Waals surface area contributed by atoms with Crippen molar-refractivity contribution >= 4 is 34.1 Å². The summed E-state index contributed by atoms with van der Waals surface area (Å²) in [7, 11) is 1.59. The molecule has 0 bridgehead atoms. The van der Waals surface area contributed by atoms with Crippen LogP contribution in [0.2, 0.25) is 0 Å². The first-order valence-corrected chi connectivity index (χ1v) is 8.39. The van der Waals surface area contributed by atoms with E-state index in [-0.39, 0.29) is 5.91 Å². The van der Waals surface area contributed by atoms with Crippen molar-refractivity contribution in [3.8, 4) is 5.75 Å². The third-order valence-corrected chi connectivity index (χ3v) is 4.97. The highest BCUT2D eigenvalue weighted by atomic mass is 79.9. The number of imide groups is 1. The van der Waals surface area contributed by atoms with E-state index in [0.29, 0.717) is 18.6 Å². The van der Waals surface area contributed by atoms with Gasteiger partial charge in [-0.3, -0.25) is 4.79 Å². The first kappa shape index (κ1) is 16.0. The van der Waals surface area contributed by atoms with E-state index in [1.807, 2.05) is 12.1 Å². The maximum Gasteiger partial charge on any atom is 0.346 e. The highest BCUT2D eigenvalue weighted by molar-refractivity contribution is 9.10. The molecule has 2 fully saturated rings. The number of rotatable bonds is 3. The molecule has 1 aliphatic carbocycles. The summed E-state index contributed by atoms with van der Waals surface area (Å²) >= 11 is 3.40. The topological polar surface area (TPSA) is 71.0 Å². The minimum atomic E-state index is -0.743. The molecule has 122 valence electrons. The molecule has 0 aromatic heterocycles. The van der Waals surface area contributed by atoms with Crippen molar-refractivity contribution in [2.24, 2.45) is 5.10 Å². The summed E-state index contributed by atoms with van der Waals surface area (Å²) in [6.07, 6.45) is 5.90. The van der Waals surface area contributed by atoms with E-state index < -0.39 is 11.6 Å². The summed E-state index contributed by atoms with van der Waals surface area (Å²) in [4.78, 5) is 24.7. The van der Waals surface area contributed by atoms with E-state index in [1.54, 1.807) is 13.2 Å². The molecule has 1 aromatic carbocycles. The van der Waals surface area contributed by atoms with Crippen LogP contribution >= 0.6 is 15.9 Å². The fourth-order valence-electron chi connectivity index (χ4n) is 3.09. The zero-order chi connectivity index (χ0) is 16.4. The number of nitrogens with one attached hydrogen (secondary N) is 1. The van der Waals surface area contributed by atoms with Gasteiger partial charge in [0, 0.05) is 0 Å². The molecule has 2 aliphatic rings. The minimum absolute atomic E-state index is 0.244. The fourth-order valence-corrected chi connectivity index (χ4v) is 3.65. The van der Waals surface area contributed by atoms with Crippen molar-refractivity contribution in [3.63, 3.8) is 0 Å². The van der Waals surface area contributed by atoms with Gasteiger partial charge in [0.05, 0.1) is 17.8 Å². The number of nitrogens with zero attached hydrogens (tertiary/aromatic N) is 2. The van der Waals surface area contributed by atoms with Gasteiger partial charge < -0.3 is 10.1 Å². The quantitative estimate of drug-likeness (QED) is 0.647. The zero-order valence-electron chi connectivity index (χ0n) is 12.8. The first-order valence-electron chi connectivity index (χ1n) is 7.60. The molecule has 7 heteroatoms. The Labute approximate surface area is 143 Å². The normalized spacial score (nSPS) is 20.3. The average molecular weight is 380 g/mol. The van der Waals surface area contributed by atoms with Gasteiger partial charge >= 0.3 is 6.03 Å². The second kappa shape index (κ2) is 6.31. The van der Waals surface area contributed by atoms with Crippen molar-refractivity contribution in [2.45, 2.75) is 37.6 Å². The lowest BCUT2D eigenvalue weighted by Crippen LogP contribution is -2.48. The Morgan fingerprint density at radius 3 is 2.70 bits per heavy atom. The van der Waals surface area contributed by atoms with E-state index in [1.165, 1.54) is 6.21 Å². The highest BCUT2D eigenvalue weighted by Gasteiger charge is 2.51. The second-order valence-electron chi connectivity index (χ2n) is 5.83. The molecule has 3 amide bonds. The van der Waals surface area contributed by atoms with Crippen molar-refractivity contribution < 1.29 is 14.3 Å². The first-order chi connectivity index (χ1) is 11.1. The molecule has 6 nitrogen and oxygen atoms in total. The van der Waals surface area contributed by atoms with Crippen LogP contribution < -0.4 is 10.1 Å². The Morgan fingerprint density at radius 2 is 2.04 bits per heavy atom. The summed E-state index contributed by atoms with van der Waals surface area (Å²) in [5.41, 5.74) is 0.0237. The van der Waals surface area contributed by atoms with Crippen LogP contribution in [-0.2, 0) is 4.79 Å². The molecule has 1 heterocycles. The Morgan fingerprint density at radius 1 is 1.30 bits per heavy atom. The van der Waals surface area contributed by atoms with E-state index in [2.05, 4.69) is 26.3 Å². The van der Waals surface area contributed by atoms with Gasteiger partial charge in [0.2, 0.25) is 0 Å². The number of carbonyl (C=O) groups excluding carboxylic acids is 2. The van der Waals surface area contributed by atoms with Crippen LogP contribution in [0.1, 0.15) is 37.7 Å². The van der Waals surface area contributed by atoms with Crippen LogP contribution in [0.3, 0.4) is 0 Å². The van der Waals surface area contributed by atoms with Gasteiger partial charge in [-0.2, -0.15) is 5.10 Å². The molecular formula is C16H18BrN3O3. The van der Waals surface area contributed by atoms with Gasteiger partial charge in [-0.1, -0.05) is 19.3 Å². The smallest absolute Gasteiger partial charge is 0.346 e. The van der Waals surface area contributed by atoms with Crippen molar-refractivity contribution in [1.82, 2.24) is 10.3 Å². The van der Waals surface area contributed by atoms with Crippen LogP contribution in [0.5, 0.6) is 5.75 Å². The molecule has 0 atom stereocenters. The number of ether oxygens (including phenoxy) is 1. The lowest BCUT2D eigenvalue weighted by atomic mass is 9.82. The summed E-state index contributed by atoms with van der Waals surface area (Å²) in [5, 5.41) is 7.86. The summed E-state index contributed by atoms with van der Waals surface area (Å²) in [6.45, 7) is 0. The standard InChI is InChI=1S/C16H18BrN3O3/c1-23-13-6-5-11(9-12(13)17)10-18-20-14(21)16(19-15(20)22)7-3-2-4-8-16/h5-6,9-10H,2-4,7-8H2,1H3,(H,19,22)/b18-10-. The number of methoxy groups -OCH3 is 1. The van der Waals surface area contributed by atoms with Crippen LogP contribution in [0, 0.1) is 0 Å². The SMILES string of the molecule is COc1ccc(/C=N\N2C(=O)NC3(CCCCC3)C2=O)cc1Br. The second-order valence-corrected chi connectivity index (χ2v) is 6.68. The maximum atomic E-state index is 12.6. The molecule has 23 heavy (non-hydrogen) atoms. The van der Waals surface area contributed by atoms with Gasteiger partial charge in [-0.05, 0) is 52.5 Å². The third-order valence-electron chi connectivity index (χ3n) is 4.35. The van der Waals surface area contributed by atoms with Crippen LogP contribution in [0.4, 0.5) is 4.79 Å². The van der Waals surface area contributed by atoms with Gasteiger partial charge in [-0.25, -0.2) is 4.79 Å². The Bertz CT molecular complexity index is 669. The number of benzene rings is 1. The fraction of sp³-hybridized carbons (Fsp3) is 0.438. The monoisotopic (exact) mass is 379 g/mol. The number of amides is 3. The predicted molar refractivity (Wildman–Crippen MR) is 89.5 cm³/mol. The zero-order valence-corrected chi connectivity index (χ0v) is 14.4.